The van der Waals surface area contributed by atoms with Gasteiger partial charge in [-0.05, 0) is 44.0 Å². The Hall–Kier alpha value is -1.55. The molecule has 0 bridgehead atoms. The summed E-state index contributed by atoms with van der Waals surface area (Å²) in [6, 6.07) is 6.06. The second kappa shape index (κ2) is 7.79. The third-order valence-corrected chi connectivity index (χ3v) is 2.62. The van der Waals surface area contributed by atoms with E-state index in [4.69, 9.17) is 9.47 Å². The first-order valence-corrected chi connectivity index (χ1v) is 6.50. The molecule has 0 radical (unpaired) electrons. The van der Waals surface area contributed by atoms with Crippen LogP contribution < -0.4 is 10.1 Å². The van der Waals surface area contributed by atoms with Crippen molar-refractivity contribution in [3.63, 3.8) is 0 Å². The first kappa shape index (κ1) is 15.5. The average molecular weight is 265 g/mol. The van der Waals surface area contributed by atoms with Gasteiger partial charge in [0.2, 0.25) is 5.91 Å². The monoisotopic (exact) mass is 265 g/mol. The van der Waals surface area contributed by atoms with E-state index in [1.54, 1.807) is 7.11 Å². The summed E-state index contributed by atoms with van der Waals surface area (Å²) >= 11 is 0. The lowest BCUT2D eigenvalue weighted by molar-refractivity contribution is -0.122. The van der Waals surface area contributed by atoms with Crippen molar-refractivity contribution in [2.75, 3.05) is 20.3 Å². The molecule has 1 rings (SSSR count). The molecule has 1 aromatic rings. The molecule has 0 aliphatic rings. The molecule has 1 N–H and O–H groups in total. The van der Waals surface area contributed by atoms with E-state index in [2.05, 4.69) is 11.4 Å². The molecule has 0 fully saturated rings. The van der Waals surface area contributed by atoms with Gasteiger partial charge in [-0.3, -0.25) is 4.79 Å². The van der Waals surface area contributed by atoms with Gasteiger partial charge in [0, 0.05) is 13.2 Å². The Balaban J connectivity index is 2.31. The summed E-state index contributed by atoms with van der Waals surface area (Å²) in [7, 11) is 1.62. The van der Waals surface area contributed by atoms with Crippen LogP contribution in [0.4, 0.5) is 0 Å². The number of hydrogen-bond donors (Lipinski definition) is 1. The van der Waals surface area contributed by atoms with Crippen molar-refractivity contribution in [1.82, 2.24) is 5.32 Å². The highest BCUT2D eigenvalue weighted by Crippen LogP contribution is 2.16. The number of benzene rings is 1. The fraction of sp³-hybridized carbons (Fsp3) is 0.533. The molecule has 19 heavy (non-hydrogen) atoms. The lowest BCUT2D eigenvalue weighted by atomic mass is 10.1. The van der Waals surface area contributed by atoms with Crippen molar-refractivity contribution < 1.29 is 14.3 Å². The highest BCUT2D eigenvalue weighted by molar-refractivity contribution is 5.76. The minimum Gasteiger partial charge on any atom is -0.493 e. The van der Waals surface area contributed by atoms with E-state index in [1.165, 1.54) is 0 Å². The largest absolute Gasteiger partial charge is 0.493 e. The van der Waals surface area contributed by atoms with Gasteiger partial charge in [-0.2, -0.15) is 0 Å². The smallest absolute Gasteiger partial charge is 0.223 e. The van der Waals surface area contributed by atoms with E-state index >= 15 is 0 Å². The highest BCUT2D eigenvalue weighted by atomic mass is 16.5. The Morgan fingerprint density at radius 2 is 1.89 bits per heavy atom. The SMILES string of the molecule is COC[C@H](C)NC(=O)CCOc1cc(C)cc(C)c1. The van der Waals surface area contributed by atoms with Crippen LogP contribution >= 0.6 is 0 Å². The maximum Gasteiger partial charge on any atom is 0.223 e. The normalized spacial score (nSPS) is 12.0. The molecule has 1 aromatic carbocycles. The van der Waals surface area contributed by atoms with Gasteiger partial charge in [0.1, 0.15) is 5.75 Å². The third kappa shape index (κ3) is 6.25. The molecule has 4 heteroatoms. The molecule has 0 aliphatic heterocycles. The first-order chi connectivity index (χ1) is 9.01. The minimum atomic E-state index is -0.0195. The fourth-order valence-corrected chi connectivity index (χ4v) is 1.92. The number of rotatable bonds is 7. The molecule has 106 valence electrons. The van der Waals surface area contributed by atoms with E-state index in [9.17, 15) is 4.79 Å². The maximum atomic E-state index is 11.6. The number of carbonyl (C=O) groups is 1. The van der Waals surface area contributed by atoms with E-state index in [0.717, 1.165) is 16.9 Å². The van der Waals surface area contributed by atoms with Crippen LogP contribution in [-0.4, -0.2) is 32.3 Å². The van der Waals surface area contributed by atoms with Crippen molar-refractivity contribution in [2.24, 2.45) is 0 Å². The molecular formula is C15H23NO3. The van der Waals surface area contributed by atoms with Gasteiger partial charge in [-0.15, -0.1) is 0 Å². The van der Waals surface area contributed by atoms with Gasteiger partial charge in [0.25, 0.3) is 0 Å². The predicted octanol–water partition coefficient (Wildman–Crippen LogP) is 2.22. The van der Waals surface area contributed by atoms with Gasteiger partial charge in [-0.25, -0.2) is 0 Å². The summed E-state index contributed by atoms with van der Waals surface area (Å²) in [5.41, 5.74) is 2.32. The van der Waals surface area contributed by atoms with E-state index in [0.29, 0.717) is 19.6 Å². The van der Waals surface area contributed by atoms with Crippen molar-refractivity contribution in [1.29, 1.82) is 0 Å². The number of methoxy groups -OCH3 is 1. The molecule has 0 unspecified atom stereocenters. The lowest BCUT2D eigenvalue weighted by Gasteiger charge is -2.13. The van der Waals surface area contributed by atoms with Crippen LogP contribution in [-0.2, 0) is 9.53 Å². The van der Waals surface area contributed by atoms with E-state index in [-0.39, 0.29) is 11.9 Å². The van der Waals surface area contributed by atoms with Gasteiger partial charge >= 0.3 is 0 Å². The average Bonchev–Trinajstić information content (AvgIpc) is 2.27. The lowest BCUT2D eigenvalue weighted by Crippen LogP contribution is -2.36. The van der Waals surface area contributed by atoms with Crippen molar-refractivity contribution in [3.05, 3.63) is 29.3 Å². The Labute approximate surface area is 115 Å². The van der Waals surface area contributed by atoms with Crippen LogP contribution in [0.5, 0.6) is 5.75 Å². The van der Waals surface area contributed by atoms with Crippen molar-refractivity contribution >= 4 is 5.91 Å². The van der Waals surface area contributed by atoms with Gasteiger partial charge < -0.3 is 14.8 Å². The Bertz CT molecular complexity index is 398. The number of ether oxygens (including phenoxy) is 2. The molecular weight excluding hydrogens is 242 g/mol. The van der Waals surface area contributed by atoms with E-state index < -0.39 is 0 Å². The zero-order chi connectivity index (χ0) is 14.3. The summed E-state index contributed by atoms with van der Waals surface area (Å²) in [6.45, 7) is 6.86. The molecule has 1 atom stereocenters. The highest BCUT2D eigenvalue weighted by Gasteiger charge is 2.07. The number of nitrogens with one attached hydrogen (secondary N) is 1. The summed E-state index contributed by atoms with van der Waals surface area (Å²) in [6.07, 6.45) is 0.348. The zero-order valence-corrected chi connectivity index (χ0v) is 12.2. The van der Waals surface area contributed by atoms with Crippen molar-refractivity contribution in [2.45, 2.75) is 33.2 Å². The molecule has 0 spiro atoms. The third-order valence-electron chi connectivity index (χ3n) is 2.62. The molecule has 0 saturated carbocycles. The van der Waals surface area contributed by atoms with Crippen molar-refractivity contribution in [3.8, 4) is 5.75 Å². The van der Waals surface area contributed by atoms with Crippen LogP contribution in [0.15, 0.2) is 18.2 Å². The maximum absolute atomic E-state index is 11.6. The standard InChI is InChI=1S/C15H23NO3/c1-11-7-12(2)9-14(8-11)19-6-5-15(17)16-13(3)10-18-4/h7-9,13H,5-6,10H2,1-4H3,(H,16,17)/t13-/m0/s1. The Morgan fingerprint density at radius 3 is 2.47 bits per heavy atom. The summed E-state index contributed by atoms with van der Waals surface area (Å²) in [5.74, 6) is 0.796. The molecule has 0 aromatic heterocycles. The molecule has 0 aliphatic carbocycles. The van der Waals surface area contributed by atoms with Gasteiger partial charge in [0.15, 0.2) is 0 Å². The zero-order valence-electron chi connectivity index (χ0n) is 12.2. The number of aryl methyl sites for hydroxylation is 2. The van der Waals surface area contributed by atoms with Crippen LogP contribution in [0.1, 0.15) is 24.5 Å². The van der Waals surface area contributed by atoms with Gasteiger partial charge in [0.05, 0.1) is 19.6 Å². The topological polar surface area (TPSA) is 47.6 Å². The summed E-state index contributed by atoms with van der Waals surface area (Å²) < 4.78 is 10.5. The second-order valence-corrected chi connectivity index (χ2v) is 4.85. The predicted molar refractivity (Wildman–Crippen MR) is 75.5 cm³/mol. The van der Waals surface area contributed by atoms with Crippen LogP contribution in [0.3, 0.4) is 0 Å². The Morgan fingerprint density at radius 1 is 1.26 bits per heavy atom. The molecule has 1 amide bonds. The van der Waals surface area contributed by atoms with Crippen LogP contribution in [0.25, 0.3) is 0 Å². The number of hydrogen-bond acceptors (Lipinski definition) is 3. The fourth-order valence-electron chi connectivity index (χ4n) is 1.92. The van der Waals surface area contributed by atoms with Gasteiger partial charge in [-0.1, -0.05) is 6.07 Å². The van der Waals surface area contributed by atoms with Crippen LogP contribution in [0, 0.1) is 13.8 Å². The first-order valence-electron chi connectivity index (χ1n) is 6.50. The number of carbonyl (C=O) groups excluding carboxylic acids is 1. The second-order valence-electron chi connectivity index (χ2n) is 4.85. The quantitative estimate of drug-likeness (QED) is 0.822. The summed E-state index contributed by atoms with van der Waals surface area (Å²) in [5, 5.41) is 2.85. The Kier molecular flexibility index (Phi) is 6.36. The van der Waals surface area contributed by atoms with Crippen LogP contribution in [0.2, 0.25) is 0 Å². The molecule has 4 nitrogen and oxygen atoms in total. The minimum absolute atomic E-state index is 0.0195. The van der Waals surface area contributed by atoms with E-state index in [1.807, 2.05) is 32.9 Å². The number of amides is 1. The molecule has 0 saturated heterocycles. The summed E-state index contributed by atoms with van der Waals surface area (Å²) in [4.78, 5) is 11.6. The molecule has 0 heterocycles.